The highest BCUT2D eigenvalue weighted by Gasteiger charge is 2.38. The Kier molecular flexibility index (Phi) is 2.42. The van der Waals surface area contributed by atoms with Gasteiger partial charge in [-0.2, -0.15) is 0 Å². The molecule has 0 spiro atoms. The van der Waals surface area contributed by atoms with Gasteiger partial charge in [-0.1, -0.05) is 0 Å². The number of hydrogen-bond acceptors (Lipinski definition) is 2. The Hall–Kier alpha value is -1.42. The summed E-state index contributed by atoms with van der Waals surface area (Å²) in [5.41, 5.74) is 2.19. The minimum Gasteiger partial charge on any atom is -0.335 e. The SMILES string of the molecule is Cn1cc(C2CC3CNCC3C2)c2cc(F)cnc21. The van der Waals surface area contributed by atoms with Gasteiger partial charge < -0.3 is 9.88 Å². The summed E-state index contributed by atoms with van der Waals surface area (Å²) < 4.78 is 15.5. The largest absolute Gasteiger partial charge is 0.335 e. The fourth-order valence-electron chi connectivity index (χ4n) is 4.01. The normalized spacial score (nSPS) is 30.1. The Bertz CT molecular complexity index is 622. The topological polar surface area (TPSA) is 29.9 Å². The lowest BCUT2D eigenvalue weighted by Gasteiger charge is -2.10. The van der Waals surface area contributed by atoms with Gasteiger partial charge in [0.25, 0.3) is 0 Å². The second kappa shape index (κ2) is 4.04. The highest BCUT2D eigenvalue weighted by atomic mass is 19.1. The van der Waals surface area contributed by atoms with Crippen LogP contribution in [0.5, 0.6) is 0 Å². The molecule has 4 heteroatoms. The molecule has 2 atom stereocenters. The molecule has 0 amide bonds. The maximum absolute atomic E-state index is 13.5. The Labute approximate surface area is 111 Å². The molecule has 100 valence electrons. The molecule has 1 aliphatic heterocycles. The number of aromatic nitrogens is 2. The number of nitrogens with one attached hydrogen (secondary N) is 1. The predicted octanol–water partition coefficient (Wildman–Crippen LogP) is 2.43. The van der Waals surface area contributed by atoms with Crippen LogP contribution in [-0.4, -0.2) is 22.6 Å². The number of rotatable bonds is 1. The van der Waals surface area contributed by atoms with Crippen LogP contribution < -0.4 is 5.32 Å². The molecule has 2 aliphatic rings. The van der Waals surface area contributed by atoms with Gasteiger partial charge in [-0.3, -0.25) is 0 Å². The molecule has 19 heavy (non-hydrogen) atoms. The van der Waals surface area contributed by atoms with Gasteiger partial charge in [-0.15, -0.1) is 0 Å². The fourth-order valence-corrected chi connectivity index (χ4v) is 4.01. The zero-order valence-electron chi connectivity index (χ0n) is 11.1. The van der Waals surface area contributed by atoms with Crippen molar-refractivity contribution in [2.45, 2.75) is 18.8 Å². The van der Waals surface area contributed by atoms with E-state index in [1.54, 1.807) is 6.07 Å². The van der Waals surface area contributed by atoms with E-state index in [0.29, 0.717) is 5.92 Å². The first kappa shape index (κ1) is 11.4. The van der Waals surface area contributed by atoms with Crippen molar-refractivity contribution in [3.8, 4) is 0 Å². The third-order valence-corrected chi connectivity index (χ3v) is 4.91. The molecule has 4 rings (SSSR count). The van der Waals surface area contributed by atoms with Gasteiger partial charge in [0.15, 0.2) is 0 Å². The molecule has 2 aromatic heterocycles. The second-order valence-corrected chi connectivity index (χ2v) is 6.07. The molecule has 2 unspecified atom stereocenters. The average Bonchev–Trinajstić information content (AvgIpc) is 3.02. The average molecular weight is 259 g/mol. The van der Waals surface area contributed by atoms with Gasteiger partial charge in [0, 0.05) is 18.6 Å². The lowest BCUT2D eigenvalue weighted by atomic mass is 9.96. The molecular formula is C15H18FN3. The molecule has 1 N–H and O–H groups in total. The van der Waals surface area contributed by atoms with Crippen molar-refractivity contribution in [1.29, 1.82) is 0 Å². The lowest BCUT2D eigenvalue weighted by Crippen LogP contribution is -2.11. The summed E-state index contributed by atoms with van der Waals surface area (Å²) in [5.74, 6) is 1.95. The van der Waals surface area contributed by atoms with Gasteiger partial charge in [0.1, 0.15) is 11.5 Å². The van der Waals surface area contributed by atoms with Crippen LogP contribution in [0.4, 0.5) is 4.39 Å². The fraction of sp³-hybridized carbons (Fsp3) is 0.533. The highest BCUT2D eigenvalue weighted by molar-refractivity contribution is 5.81. The van der Waals surface area contributed by atoms with E-state index in [0.717, 1.165) is 36.0 Å². The number of halogens is 1. The number of fused-ring (bicyclic) bond motifs is 2. The number of pyridine rings is 1. The molecular weight excluding hydrogens is 241 g/mol. The van der Waals surface area contributed by atoms with E-state index in [2.05, 4.69) is 16.5 Å². The summed E-state index contributed by atoms with van der Waals surface area (Å²) in [6.07, 6.45) is 5.91. The van der Waals surface area contributed by atoms with Crippen LogP contribution >= 0.6 is 0 Å². The minimum absolute atomic E-state index is 0.236. The zero-order valence-corrected chi connectivity index (χ0v) is 11.1. The molecule has 0 radical (unpaired) electrons. The summed E-state index contributed by atoms with van der Waals surface area (Å²) in [7, 11) is 1.99. The first-order valence-electron chi connectivity index (χ1n) is 7.03. The van der Waals surface area contributed by atoms with Crippen molar-refractivity contribution in [2.75, 3.05) is 13.1 Å². The predicted molar refractivity (Wildman–Crippen MR) is 72.5 cm³/mol. The van der Waals surface area contributed by atoms with E-state index in [1.165, 1.54) is 24.6 Å². The monoisotopic (exact) mass is 259 g/mol. The number of hydrogen-bond donors (Lipinski definition) is 1. The van der Waals surface area contributed by atoms with Crippen LogP contribution in [-0.2, 0) is 7.05 Å². The van der Waals surface area contributed by atoms with Gasteiger partial charge in [-0.25, -0.2) is 9.37 Å². The quantitative estimate of drug-likeness (QED) is 0.852. The molecule has 2 aromatic rings. The Morgan fingerprint density at radius 3 is 2.79 bits per heavy atom. The first-order chi connectivity index (χ1) is 9.22. The van der Waals surface area contributed by atoms with Crippen molar-refractivity contribution in [1.82, 2.24) is 14.9 Å². The molecule has 3 nitrogen and oxygen atoms in total. The van der Waals surface area contributed by atoms with E-state index in [9.17, 15) is 4.39 Å². The molecule has 1 saturated heterocycles. The summed E-state index contributed by atoms with van der Waals surface area (Å²) in [6, 6.07) is 1.64. The standard InChI is InChI=1S/C15H18FN3/c1-19-8-14(13-4-12(16)7-18-15(13)19)9-2-10-5-17-6-11(10)3-9/h4,7-11,17H,2-3,5-6H2,1H3. The highest BCUT2D eigenvalue weighted by Crippen LogP contribution is 2.45. The number of nitrogens with zero attached hydrogens (tertiary/aromatic N) is 2. The molecule has 1 saturated carbocycles. The summed E-state index contributed by atoms with van der Waals surface area (Å²) in [4.78, 5) is 4.22. The van der Waals surface area contributed by atoms with E-state index < -0.39 is 0 Å². The molecule has 0 aromatic carbocycles. The Balaban J connectivity index is 1.77. The van der Waals surface area contributed by atoms with Crippen molar-refractivity contribution >= 4 is 11.0 Å². The minimum atomic E-state index is -0.236. The summed E-state index contributed by atoms with van der Waals surface area (Å²) in [5, 5.41) is 4.47. The molecule has 2 fully saturated rings. The third-order valence-electron chi connectivity index (χ3n) is 4.91. The summed E-state index contributed by atoms with van der Waals surface area (Å²) in [6.45, 7) is 2.30. The van der Waals surface area contributed by atoms with Gasteiger partial charge >= 0.3 is 0 Å². The van der Waals surface area contributed by atoms with Crippen molar-refractivity contribution in [3.05, 3.63) is 29.8 Å². The molecule has 1 aliphatic carbocycles. The molecule has 0 bridgehead atoms. The van der Waals surface area contributed by atoms with Crippen LogP contribution in [0.15, 0.2) is 18.5 Å². The second-order valence-electron chi connectivity index (χ2n) is 6.07. The van der Waals surface area contributed by atoms with E-state index in [4.69, 9.17) is 0 Å². The first-order valence-corrected chi connectivity index (χ1v) is 7.03. The lowest BCUT2D eigenvalue weighted by molar-refractivity contribution is 0.494. The maximum atomic E-state index is 13.5. The van der Waals surface area contributed by atoms with Crippen molar-refractivity contribution in [2.24, 2.45) is 18.9 Å². The van der Waals surface area contributed by atoms with Gasteiger partial charge in [-0.05, 0) is 55.3 Å². The molecule has 3 heterocycles. The summed E-state index contributed by atoms with van der Waals surface area (Å²) >= 11 is 0. The van der Waals surface area contributed by atoms with Gasteiger partial charge in [0.05, 0.1) is 6.20 Å². The Morgan fingerprint density at radius 1 is 1.32 bits per heavy atom. The van der Waals surface area contributed by atoms with Gasteiger partial charge in [0.2, 0.25) is 0 Å². The van der Waals surface area contributed by atoms with E-state index in [-0.39, 0.29) is 5.82 Å². The van der Waals surface area contributed by atoms with Crippen LogP contribution in [0.1, 0.15) is 24.3 Å². The smallest absolute Gasteiger partial charge is 0.142 e. The van der Waals surface area contributed by atoms with Crippen molar-refractivity contribution < 1.29 is 4.39 Å². The zero-order chi connectivity index (χ0) is 13.0. The Morgan fingerprint density at radius 2 is 2.05 bits per heavy atom. The third kappa shape index (κ3) is 1.70. The van der Waals surface area contributed by atoms with Crippen LogP contribution in [0, 0.1) is 17.7 Å². The van der Waals surface area contributed by atoms with E-state index >= 15 is 0 Å². The van der Waals surface area contributed by atoms with Crippen LogP contribution in [0.2, 0.25) is 0 Å². The number of aryl methyl sites for hydroxylation is 1. The van der Waals surface area contributed by atoms with Crippen LogP contribution in [0.3, 0.4) is 0 Å². The van der Waals surface area contributed by atoms with Crippen LogP contribution in [0.25, 0.3) is 11.0 Å². The van der Waals surface area contributed by atoms with E-state index in [1.807, 2.05) is 11.6 Å². The van der Waals surface area contributed by atoms with Crippen molar-refractivity contribution in [3.63, 3.8) is 0 Å². The maximum Gasteiger partial charge on any atom is 0.142 e.